The van der Waals surface area contributed by atoms with Crippen molar-refractivity contribution in [1.29, 1.82) is 0 Å². The Hall–Kier alpha value is 43.4. The standard InChI is InChI=1S/CH105P101/c2-54-84(53)87(63(11)12)56(88(93(64(13)14)65(15)16)94(66(17)18)67(19)20)1(55(85(59(3)4)60(5)6)86(61(7)8)62(9)10,57(89(95(68(21)22)69(23)24)96(70(25)26)71(27)28)90(97(72(29)30)73(31)32)98(74(33)34)75(35)36)58(91(99(76(37)38)77(39)40)100(78(41)42)79(43)44)92(101(80(45)46)81(47)48)102(82(49)50)83(51)52/h54H,2-53H2. The largest absolute Gasteiger partial charge is 0.109 e. The summed E-state index contributed by atoms with van der Waals surface area (Å²) >= 11 is 0. The van der Waals surface area contributed by atoms with Crippen LogP contribution in [0.5, 0.6) is 0 Å². The Morgan fingerprint density at radius 2 is 0.206 bits per heavy atom. The summed E-state index contributed by atoms with van der Waals surface area (Å²) in [5, 5.41) is 0. The van der Waals surface area contributed by atoms with Crippen molar-refractivity contribution in [3.8, 4) is 0 Å². The van der Waals surface area contributed by atoms with Gasteiger partial charge in [0.05, 0.1) is 4.38 Å². The molecule has 0 aromatic carbocycles. The minimum Gasteiger partial charge on any atom is -0.109 e. The van der Waals surface area contributed by atoms with E-state index in [9.17, 15) is 0 Å². The Bertz CT molecular complexity index is 1750. The fourth-order valence-corrected chi connectivity index (χ4v) is 1320. The van der Waals surface area contributed by atoms with E-state index in [-0.39, 0.29) is 4.38 Å². The third kappa shape index (κ3) is 48.3. The molecule has 0 aliphatic heterocycles. The molecule has 0 amide bonds. The Morgan fingerprint density at radius 3 is 0.294 bits per heavy atom. The lowest BCUT2D eigenvalue weighted by Gasteiger charge is -2.72. The third-order valence-corrected chi connectivity index (χ3v) is 674. The highest BCUT2D eigenvalue weighted by Gasteiger charge is 2.77. The first kappa shape index (κ1) is 145. The quantitative estimate of drug-likeness (QED) is 0.0533. The number of hydrogen-bond acceptors (Lipinski definition) is 0. The van der Waals surface area contributed by atoms with Crippen LogP contribution in [0.2, 0.25) is 0 Å². The molecule has 0 aromatic heterocycles. The third-order valence-electron chi connectivity index (χ3n) is 9.52. The topological polar surface area (TPSA) is 0 Å². The molecular weight excluding hydrogens is 3140 g/mol. The van der Waals surface area contributed by atoms with Crippen LogP contribution in [0.4, 0.5) is 0 Å². The van der Waals surface area contributed by atoms with Gasteiger partial charge in [-0.2, -0.15) is 0 Å². The molecule has 0 saturated heterocycles. The molecule has 56 unspecified atom stereocenters. The van der Waals surface area contributed by atoms with Crippen LogP contribution < -0.4 is 0 Å². The lowest BCUT2D eigenvalue weighted by molar-refractivity contribution is 1.87. The Labute approximate surface area is 800 Å². The van der Waals surface area contributed by atoms with E-state index in [0.717, 1.165) is 7.96 Å². The Balaban J connectivity index is 15.8. The fourth-order valence-electron chi connectivity index (χ4n) is 6.86. The van der Waals surface area contributed by atoms with Gasteiger partial charge in [-0.3, -0.25) is 0 Å². The molecule has 0 nitrogen and oxygen atoms in total. The zero-order chi connectivity index (χ0) is 80.9. The van der Waals surface area contributed by atoms with E-state index in [1.165, 1.54) is 0 Å². The zero-order valence-corrected chi connectivity index (χ0v) is 156. The summed E-state index contributed by atoms with van der Waals surface area (Å²) in [4.78, 5) is 0. The van der Waals surface area contributed by atoms with E-state index < -0.39 is 337 Å². The first-order valence-corrected chi connectivity index (χ1v) is 205. The van der Waals surface area contributed by atoms with Gasteiger partial charge in [0, 0.05) is 0 Å². The minimum atomic E-state index is -0.812. The van der Waals surface area contributed by atoms with Crippen molar-refractivity contribution in [2.45, 2.75) is 4.38 Å². The van der Waals surface area contributed by atoms with Crippen LogP contribution in [0, 0.1) is 0 Å². The van der Waals surface area contributed by atoms with Gasteiger partial charge in [-0.05, 0) is 337 Å². The minimum absolute atomic E-state index is 0.183. The molecule has 0 N–H and O–H groups in total. The summed E-state index contributed by atoms with van der Waals surface area (Å²) in [5.41, 5.74) is 0. The van der Waals surface area contributed by atoms with Crippen molar-refractivity contribution in [3.63, 3.8) is 0 Å². The van der Waals surface area contributed by atoms with E-state index in [1.807, 2.05) is 0 Å². The van der Waals surface area contributed by atoms with Crippen LogP contribution >= 0.6 is 809 Å². The highest BCUT2D eigenvalue weighted by atomic mass is 33.5. The van der Waals surface area contributed by atoms with Crippen molar-refractivity contribution in [1.82, 2.24) is 0 Å². The Morgan fingerprint density at radius 1 is 0.118 bits per heavy atom. The summed E-state index contributed by atoms with van der Waals surface area (Å²) in [6.07, 6.45) is 0. The molecule has 0 spiro atoms. The van der Waals surface area contributed by atoms with Crippen molar-refractivity contribution < 1.29 is 0 Å². The van der Waals surface area contributed by atoms with Crippen LogP contribution in [0.3, 0.4) is 0 Å². The van der Waals surface area contributed by atoms with E-state index in [2.05, 4.69) is 464 Å². The molecule has 0 saturated carbocycles. The molecular formula is CH105P101. The molecule has 102 heavy (non-hydrogen) atoms. The molecule has 56 atom stereocenters. The fraction of sp³-hybridized carbons (Fsp3) is 1.00. The zero-order valence-electron chi connectivity index (χ0n) is 52.5. The van der Waals surface area contributed by atoms with Crippen molar-refractivity contribution in [2.24, 2.45) is 0 Å². The molecule has 0 aromatic rings. The molecule has 614 valence electrons. The average Bonchev–Trinajstić information content (AvgIpc) is 0.674. The van der Waals surface area contributed by atoms with Crippen LogP contribution in [-0.2, 0) is 0 Å². The van der Waals surface area contributed by atoms with Crippen molar-refractivity contribution in [2.75, 3.05) is 0 Å². The molecule has 0 bridgehead atoms. The van der Waals surface area contributed by atoms with Gasteiger partial charge >= 0.3 is 0 Å². The van der Waals surface area contributed by atoms with Gasteiger partial charge in [0.1, 0.15) is 0 Å². The molecule has 0 rings (SSSR count). The molecule has 0 radical (unpaired) electrons. The average molecular weight is 3250 g/mol. The van der Waals surface area contributed by atoms with Crippen LogP contribution in [0.15, 0.2) is 0 Å². The molecule has 101 heteroatoms. The summed E-state index contributed by atoms with van der Waals surface area (Å²) in [7, 11) is 199. The summed E-state index contributed by atoms with van der Waals surface area (Å²) < 4.78 is 0.183. The maximum absolute atomic E-state index is 4.06. The highest BCUT2D eigenvalue weighted by Crippen LogP contribution is 3.51. The van der Waals surface area contributed by atoms with E-state index in [0.29, 0.717) is 0 Å². The van der Waals surface area contributed by atoms with Gasteiger partial charge in [-0.15, -0.1) is 464 Å². The van der Waals surface area contributed by atoms with Gasteiger partial charge in [0.15, 0.2) is 0 Å². The summed E-state index contributed by atoms with van der Waals surface area (Å²) in [6.45, 7) is -23.4. The van der Waals surface area contributed by atoms with E-state index in [4.69, 9.17) is 0 Å². The van der Waals surface area contributed by atoms with E-state index >= 15 is 0 Å². The monoisotopic (exact) mass is 3250 g/mol. The molecule has 0 aliphatic carbocycles. The van der Waals surface area contributed by atoms with Crippen LogP contribution in [-0.4, -0.2) is 4.38 Å². The molecule has 0 fully saturated rings. The maximum atomic E-state index is 4.06. The van der Waals surface area contributed by atoms with Crippen molar-refractivity contribution in [3.05, 3.63) is 0 Å². The Kier molecular flexibility index (Phi) is 112. The lowest BCUT2D eigenvalue weighted by Crippen LogP contribution is -2.15. The lowest BCUT2D eigenvalue weighted by atomic mass is 11.8. The predicted octanol–water partition coefficient (Wildman–Crippen LogP) is 58.7. The van der Waals surface area contributed by atoms with Crippen LogP contribution in [0.1, 0.15) is 0 Å². The molecule has 0 heterocycles. The molecule has 0 aliphatic rings. The van der Waals surface area contributed by atoms with E-state index in [1.54, 1.807) is 0 Å². The first-order chi connectivity index (χ1) is 46.4. The smallest absolute Gasteiger partial charge is 0.0860 e. The van der Waals surface area contributed by atoms with Gasteiger partial charge < -0.3 is 0 Å². The second-order valence-corrected chi connectivity index (χ2v) is 422. The number of hydrogen-bond donors (Lipinski definition) is 0. The predicted molar refractivity (Wildman–Crippen MR) is 848 cm³/mol. The summed E-state index contributed by atoms with van der Waals surface area (Å²) in [6, 6.07) is 0. The highest BCUT2D eigenvalue weighted by molar-refractivity contribution is 9.48. The van der Waals surface area contributed by atoms with Gasteiger partial charge in [0.25, 0.3) is 0 Å². The second kappa shape index (κ2) is 78.6. The SMILES string of the molecule is PPP(P)P(P(P)P)P(P(P(P(P)P)P(P)P)P(P(P)P)P(P)P)C(P(P(P(P)P)P(P)P)P(P(P)P)P(P)P)(P(P(P(P(P)P)P(P)P)P(P(P)P)P(P)P)P(P(P(P)P)P(P)P)P(P(P)P)P(P)P)P(P(P(P(P)P)P(P)P)P(P(P)P)P(P)P)P(P(P(P)P)P(P)P)P(P(P)P)P(P)P. The maximum Gasteiger partial charge on any atom is 0.0860 e. The van der Waals surface area contributed by atoms with Crippen LogP contribution in [0.25, 0.3) is 0 Å². The second-order valence-electron chi connectivity index (χ2n) is 16.6. The van der Waals surface area contributed by atoms with Gasteiger partial charge in [0.2, 0.25) is 0 Å². The summed E-state index contributed by atoms with van der Waals surface area (Å²) in [5.74, 6) is 0. The number of rotatable bonds is 49. The first-order valence-electron chi connectivity index (χ1n) is 23.4. The van der Waals surface area contributed by atoms with Gasteiger partial charge in [-0.1, -0.05) is 7.96 Å². The van der Waals surface area contributed by atoms with Gasteiger partial charge in [-0.25, -0.2) is 0 Å². The van der Waals surface area contributed by atoms with Crippen molar-refractivity contribution >= 4 is 809 Å². The normalized spacial score (nSPS) is 15.7.